The zero-order valence-corrected chi connectivity index (χ0v) is 10.2. The molecule has 1 nitrogen and oxygen atoms in total. The van der Waals surface area contributed by atoms with Gasteiger partial charge in [0.25, 0.3) is 0 Å². The molecule has 0 fully saturated rings. The Kier molecular flexibility index (Phi) is 4.26. The second kappa shape index (κ2) is 5.14. The van der Waals surface area contributed by atoms with E-state index in [1.54, 1.807) is 6.92 Å². The fourth-order valence-electron chi connectivity index (χ4n) is 1.63. The standard InChI is InChI=1S/C12H11F7O/c1-2-3-7-4-5-9(20)8(6-7)10(13,14)11(15,16)12(17,18)19/h4-6,20H,2-3H2,1H3. The number of hydrogen-bond donors (Lipinski definition) is 1. The number of aryl methyl sites for hydroxylation is 1. The molecule has 0 aliphatic heterocycles. The normalized spacial score (nSPS) is 13.6. The summed E-state index contributed by atoms with van der Waals surface area (Å²) in [4.78, 5) is 0. The predicted octanol–water partition coefficient (Wildman–Crippen LogP) is 4.63. The second-order valence-corrected chi connectivity index (χ2v) is 4.25. The molecule has 0 bridgehead atoms. The summed E-state index contributed by atoms with van der Waals surface area (Å²) in [5.41, 5.74) is -1.59. The molecule has 0 saturated carbocycles. The monoisotopic (exact) mass is 304 g/mol. The molecule has 1 aromatic rings. The number of hydrogen-bond acceptors (Lipinski definition) is 1. The Morgan fingerprint density at radius 1 is 1.00 bits per heavy atom. The van der Waals surface area contributed by atoms with Crippen LogP contribution in [0.2, 0.25) is 0 Å². The summed E-state index contributed by atoms with van der Waals surface area (Å²) >= 11 is 0. The first kappa shape index (κ1) is 16.6. The Bertz CT molecular complexity index is 479. The third-order valence-corrected chi connectivity index (χ3v) is 2.69. The smallest absolute Gasteiger partial charge is 0.460 e. The van der Waals surface area contributed by atoms with Crippen LogP contribution in [0.1, 0.15) is 24.5 Å². The fraction of sp³-hybridized carbons (Fsp3) is 0.500. The van der Waals surface area contributed by atoms with Crippen LogP contribution in [0.3, 0.4) is 0 Å². The Hall–Kier alpha value is -1.47. The van der Waals surface area contributed by atoms with E-state index in [2.05, 4.69) is 0 Å². The van der Waals surface area contributed by atoms with Crippen LogP contribution in [-0.2, 0) is 12.3 Å². The van der Waals surface area contributed by atoms with Crippen molar-refractivity contribution in [1.29, 1.82) is 0 Å². The molecule has 0 heterocycles. The molecule has 114 valence electrons. The lowest BCUT2D eigenvalue weighted by Gasteiger charge is -2.29. The average molecular weight is 304 g/mol. The molecule has 1 N–H and O–H groups in total. The molecule has 0 spiro atoms. The average Bonchev–Trinajstić information content (AvgIpc) is 2.30. The maximum absolute atomic E-state index is 13.5. The van der Waals surface area contributed by atoms with E-state index in [1.165, 1.54) is 6.07 Å². The van der Waals surface area contributed by atoms with Gasteiger partial charge in [0.15, 0.2) is 0 Å². The van der Waals surface area contributed by atoms with Crippen LogP contribution < -0.4 is 0 Å². The molecule has 1 aromatic carbocycles. The number of phenols is 1. The highest BCUT2D eigenvalue weighted by Gasteiger charge is 2.74. The summed E-state index contributed by atoms with van der Waals surface area (Å²) in [6.07, 6.45) is -5.74. The summed E-state index contributed by atoms with van der Waals surface area (Å²) < 4.78 is 89.0. The van der Waals surface area contributed by atoms with Crippen molar-refractivity contribution in [1.82, 2.24) is 0 Å². The van der Waals surface area contributed by atoms with Crippen molar-refractivity contribution in [3.8, 4) is 5.75 Å². The minimum absolute atomic E-state index is 0.137. The van der Waals surface area contributed by atoms with Gasteiger partial charge < -0.3 is 5.11 Å². The van der Waals surface area contributed by atoms with Gasteiger partial charge in [-0.1, -0.05) is 19.4 Å². The second-order valence-electron chi connectivity index (χ2n) is 4.25. The van der Waals surface area contributed by atoms with Crippen molar-refractivity contribution in [2.24, 2.45) is 0 Å². The topological polar surface area (TPSA) is 20.2 Å². The van der Waals surface area contributed by atoms with Gasteiger partial charge in [-0.15, -0.1) is 0 Å². The molecule has 0 unspecified atom stereocenters. The van der Waals surface area contributed by atoms with Gasteiger partial charge in [-0.25, -0.2) is 0 Å². The number of rotatable bonds is 4. The van der Waals surface area contributed by atoms with Gasteiger partial charge >= 0.3 is 18.0 Å². The minimum atomic E-state index is -6.43. The third-order valence-electron chi connectivity index (χ3n) is 2.69. The minimum Gasteiger partial charge on any atom is -0.507 e. The van der Waals surface area contributed by atoms with Crippen LogP contribution in [-0.4, -0.2) is 17.2 Å². The SMILES string of the molecule is CCCc1ccc(O)c(C(F)(F)C(F)(F)C(F)(F)F)c1. The Morgan fingerprint density at radius 3 is 2.00 bits per heavy atom. The Balaban J connectivity index is 3.38. The first-order valence-electron chi connectivity index (χ1n) is 5.60. The third kappa shape index (κ3) is 2.69. The van der Waals surface area contributed by atoms with E-state index in [0.29, 0.717) is 18.6 Å². The van der Waals surface area contributed by atoms with Crippen molar-refractivity contribution in [3.63, 3.8) is 0 Å². The van der Waals surface area contributed by atoms with Crippen molar-refractivity contribution >= 4 is 0 Å². The maximum Gasteiger partial charge on any atom is 0.460 e. The number of aromatic hydroxyl groups is 1. The van der Waals surface area contributed by atoms with Gasteiger partial charge in [0.2, 0.25) is 0 Å². The summed E-state index contributed by atoms with van der Waals surface area (Å²) in [5, 5.41) is 9.19. The molecule has 0 saturated heterocycles. The molecule has 0 radical (unpaired) electrons. The number of alkyl halides is 7. The molecular weight excluding hydrogens is 293 g/mol. The lowest BCUT2D eigenvalue weighted by molar-refractivity contribution is -0.359. The summed E-state index contributed by atoms with van der Waals surface area (Å²) in [7, 11) is 0. The molecule has 0 amide bonds. The maximum atomic E-state index is 13.5. The van der Waals surface area contributed by atoms with E-state index in [4.69, 9.17) is 0 Å². The molecule has 0 aliphatic carbocycles. The lowest BCUT2D eigenvalue weighted by Crippen LogP contribution is -2.50. The molecule has 8 heteroatoms. The van der Waals surface area contributed by atoms with Gasteiger partial charge in [-0.05, 0) is 24.1 Å². The van der Waals surface area contributed by atoms with Gasteiger partial charge in [0.05, 0.1) is 5.56 Å². The van der Waals surface area contributed by atoms with Crippen LogP contribution in [0, 0.1) is 0 Å². The highest BCUT2D eigenvalue weighted by atomic mass is 19.4. The zero-order valence-electron chi connectivity index (χ0n) is 10.2. The van der Waals surface area contributed by atoms with Crippen LogP contribution in [0.25, 0.3) is 0 Å². The van der Waals surface area contributed by atoms with E-state index in [0.717, 1.165) is 0 Å². The summed E-state index contributed by atoms with van der Waals surface area (Å²) in [6.45, 7) is 1.68. The molecule has 20 heavy (non-hydrogen) atoms. The van der Waals surface area contributed by atoms with Crippen LogP contribution in [0.15, 0.2) is 18.2 Å². The van der Waals surface area contributed by atoms with Crippen molar-refractivity contribution in [2.45, 2.75) is 37.8 Å². The van der Waals surface area contributed by atoms with Crippen molar-refractivity contribution in [3.05, 3.63) is 29.3 Å². The fourth-order valence-corrected chi connectivity index (χ4v) is 1.63. The predicted molar refractivity (Wildman–Crippen MR) is 57.0 cm³/mol. The van der Waals surface area contributed by atoms with E-state index in [-0.39, 0.29) is 12.0 Å². The first-order valence-corrected chi connectivity index (χ1v) is 5.60. The van der Waals surface area contributed by atoms with E-state index < -0.39 is 29.3 Å². The molecule has 0 atom stereocenters. The number of phenolic OH excluding ortho intramolecular Hbond substituents is 1. The number of benzene rings is 1. The first-order chi connectivity index (χ1) is 8.95. The highest BCUT2D eigenvalue weighted by molar-refractivity contribution is 5.40. The molecular formula is C12H11F7O. The van der Waals surface area contributed by atoms with Gasteiger partial charge in [0, 0.05) is 0 Å². The summed E-state index contributed by atoms with van der Waals surface area (Å²) in [6, 6.07) is 2.34. The largest absolute Gasteiger partial charge is 0.507 e. The van der Waals surface area contributed by atoms with Crippen molar-refractivity contribution < 1.29 is 35.8 Å². The van der Waals surface area contributed by atoms with Crippen LogP contribution in [0.4, 0.5) is 30.7 Å². The highest BCUT2D eigenvalue weighted by Crippen LogP contribution is 2.53. The van der Waals surface area contributed by atoms with E-state index >= 15 is 0 Å². The van der Waals surface area contributed by atoms with Gasteiger partial charge in [0.1, 0.15) is 5.75 Å². The molecule has 0 aromatic heterocycles. The van der Waals surface area contributed by atoms with Gasteiger partial charge in [-0.2, -0.15) is 30.7 Å². The van der Waals surface area contributed by atoms with E-state index in [9.17, 15) is 35.8 Å². The van der Waals surface area contributed by atoms with Gasteiger partial charge in [-0.3, -0.25) is 0 Å². The lowest BCUT2D eigenvalue weighted by atomic mass is 9.97. The quantitative estimate of drug-likeness (QED) is 0.804. The zero-order chi connectivity index (χ0) is 15.8. The molecule has 1 rings (SSSR count). The van der Waals surface area contributed by atoms with Crippen LogP contribution in [0.5, 0.6) is 5.75 Å². The summed E-state index contributed by atoms with van der Waals surface area (Å²) in [5.74, 6) is -13.1. The molecule has 0 aliphatic rings. The Morgan fingerprint density at radius 2 is 1.55 bits per heavy atom. The van der Waals surface area contributed by atoms with Crippen LogP contribution >= 0.6 is 0 Å². The Labute approximate surface area is 110 Å². The number of halogens is 7. The van der Waals surface area contributed by atoms with E-state index in [1.807, 2.05) is 0 Å². The van der Waals surface area contributed by atoms with Crippen molar-refractivity contribution in [2.75, 3.05) is 0 Å².